The van der Waals surface area contributed by atoms with Crippen molar-refractivity contribution < 1.29 is 9.59 Å². The Bertz CT molecular complexity index is 726. The molecule has 5 nitrogen and oxygen atoms in total. The minimum Gasteiger partial charge on any atom is -0.365 e. The maximum absolute atomic E-state index is 12.3. The number of rotatable bonds is 6. The summed E-state index contributed by atoms with van der Waals surface area (Å²) >= 11 is 0. The number of nitrogens with zero attached hydrogens (tertiary/aromatic N) is 1. The molecule has 124 valence electrons. The van der Waals surface area contributed by atoms with E-state index in [-0.39, 0.29) is 24.4 Å². The molecule has 3 rings (SSSR count). The molecular formula is C19H21N3O2. The normalized spacial score (nSPS) is 13.2. The third-order valence-corrected chi connectivity index (χ3v) is 3.94. The SMILES string of the molecule is CN(CC(=O)Nc1ccccc1C(=O)NC1CC1)c1ccccc1. The summed E-state index contributed by atoms with van der Waals surface area (Å²) in [5, 5.41) is 5.79. The average molecular weight is 323 g/mol. The smallest absolute Gasteiger partial charge is 0.253 e. The molecule has 2 aromatic rings. The zero-order valence-electron chi connectivity index (χ0n) is 13.7. The van der Waals surface area contributed by atoms with Gasteiger partial charge in [-0.05, 0) is 37.1 Å². The number of hydrogen-bond donors (Lipinski definition) is 2. The summed E-state index contributed by atoms with van der Waals surface area (Å²) in [5.41, 5.74) is 2.01. The molecular weight excluding hydrogens is 302 g/mol. The molecule has 1 aliphatic carbocycles. The lowest BCUT2D eigenvalue weighted by molar-refractivity contribution is -0.114. The van der Waals surface area contributed by atoms with E-state index in [1.165, 1.54) is 0 Å². The number of para-hydroxylation sites is 2. The Morgan fingerprint density at radius 1 is 1.04 bits per heavy atom. The van der Waals surface area contributed by atoms with Crippen LogP contribution in [0.2, 0.25) is 0 Å². The second-order valence-corrected chi connectivity index (χ2v) is 6.03. The molecule has 0 heterocycles. The fourth-order valence-electron chi connectivity index (χ4n) is 2.46. The highest BCUT2D eigenvalue weighted by Gasteiger charge is 2.25. The standard InChI is InChI=1S/C19H21N3O2/c1-22(15-7-3-2-4-8-15)13-18(23)21-17-10-6-5-9-16(17)19(24)20-14-11-12-14/h2-10,14H,11-13H2,1H3,(H,20,24)(H,21,23). The van der Waals surface area contributed by atoms with E-state index < -0.39 is 0 Å². The quantitative estimate of drug-likeness (QED) is 0.859. The molecule has 0 saturated heterocycles. The molecule has 2 N–H and O–H groups in total. The lowest BCUT2D eigenvalue weighted by atomic mass is 10.1. The van der Waals surface area contributed by atoms with Crippen LogP contribution in [-0.2, 0) is 4.79 Å². The van der Waals surface area contributed by atoms with Gasteiger partial charge in [-0.1, -0.05) is 30.3 Å². The highest BCUT2D eigenvalue weighted by atomic mass is 16.2. The van der Waals surface area contributed by atoms with Crippen molar-refractivity contribution >= 4 is 23.2 Å². The molecule has 0 radical (unpaired) electrons. The van der Waals surface area contributed by atoms with E-state index in [0.29, 0.717) is 11.3 Å². The molecule has 1 fully saturated rings. The highest BCUT2D eigenvalue weighted by Crippen LogP contribution is 2.21. The van der Waals surface area contributed by atoms with Gasteiger partial charge >= 0.3 is 0 Å². The molecule has 0 unspecified atom stereocenters. The van der Waals surface area contributed by atoms with E-state index in [1.54, 1.807) is 18.2 Å². The van der Waals surface area contributed by atoms with Crippen LogP contribution in [0.25, 0.3) is 0 Å². The van der Waals surface area contributed by atoms with Crippen LogP contribution in [0.3, 0.4) is 0 Å². The van der Waals surface area contributed by atoms with Gasteiger partial charge in [-0.3, -0.25) is 9.59 Å². The number of carbonyl (C=O) groups is 2. The van der Waals surface area contributed by atoms with Gasteiger partial charge in [0.1, 0.15) is 0 Å². The second-order valence-electron chi connectivity index (χ2n) is 6.03. The Kier molecular flexibility index (Phi) is 4.79. The molecule has 5 heteroatoms. The lowest BCUT2D eigenvalue weighted by Crippen LogP contribution is -2.31. The summed E-state index contributed by atoms with van der Waals surface area (Å²) in [6.45, 7) is 0.211. The van der Waals surface area contributed by atoms with Crippen molar-refractivity contribution in [1.29, 1.82) is 0 Å². The summed E-state index contributed by atoms with van der Waals surface area (Å²) in [7, 11) is 1.86. The summed E-state index contributed by atoms with van der Waals surface area (Å²) < 4.78 is 0. The van der Waals surface area contributed by atoms with Crippen LogP contribution in [0, 0.1) is 0 Å². The Balaban J connectivity index is 1.64. The summed E-state index contributed by atoms with van der Waals surface area (Å²) in [6, 6.07) is 17.1. The first kappa shape index (κ1) is 16.1. The fraction of sp³-hybridized carbons (Fsp3) is 0.263. The van der Waals surface area contributed by atoms with Gasteiger partial charge in [-0.2, -0.15) is 0 Å². The zero-order chi connectivity index (χ0) is 16.9. The summed E-state index contributed by atoms with van der Waals surface area (Å²) in [5.74, 6) is -0.294. The van der Waals surface area contributed by atoms with Gasteiger partial charge in [0.2, 0.25) is 5.91 Å². The molecule has 0 aromatic heterocycles. The van der Waals surface area contributed by atoms with Crippen LogP contribution in [0.5, 0.6) is 0 Å². The first-order chi connectivity index (χ1) is 11.6. The molecule has 0 aliphatic heterocycles. The molecule has 2 aromatic carbocycles. The third kappa shape index (κ3) is 4.13. The first-order valence-corrected chi connectivity index (χ1v) is 8.09. The van der Waals surface area contributed by atoms with Crippen molar-refractivity contribution in [2.45, 2.75) is 18.9 Å². The first-order valence-electron chi connectivity index (χ1n) is 8.09. The number of carbonyl (C=O) groups excluding carboxylic acids is 2. The largest absolute Gasteiger partial charge is 0.365 e. The van der Waals surface area contributed by atoms with E-state index >= 15 is 0 Å². The molecule has 0 spiro atoms. The van der Waals surface area contributed by atoms with Gasteiger partial charge in [0.15, 0.2) is 0 Å². The number of amides is 2. The number of benzene rings is 2. The van der Waals surface area contributed by atoms with E-state index in [2.05, 4.69) is 10.6 Å². The molecule has 1 aliphatic rings. The van der Waals surface area contributed by atoms with Crippen LogP contribution < -0.4 is 15.5 Å². The minimum absolute atomic E-state index is 0.134. The maximum atomic E-state index is 12.3. The Labute approximate surface area is 141 Å². The Hall–Kier alpha value is -2.82. The zero-order valence-corrected chi connectivity index (χ0v) is 13.7. The van der Waals surface area contributed by atoms with Gasteiger partial charge in [0, 0.05) is 18.8 Å². The average Bonchev–Trinajstić information content (AvgIpc) is 3.40. The van der Waals surface area contributed by atoms with Crippen molar-refractivity contribution in [1.82, 2.24) is 5.32 Å². The van der Waals surface area contributed by atoms with Gasteiger partial charge in [0.25, 0.3) is 5.91 Å². The minimum atomic E-state index is -0.159. The number of likely N-dealkylation sites (N-methyl/N-ethyl adjacent to an activating group) is 1. The molecule has 1 saturated carbocycles. The number of nitrogens with one attached hydrogen (secondary N) is 2. The van der Waals surface area contributed by atoms with Gasteiger partial charge < -0.3 is 15.5 Å². The maximum Gasteiger partial charge on any atom is 0.253 e. The van der Waals surface area contributed by atoms with Crippen molar-refractivity contribution in [3.8, 4) is 0 Å². The van der Waals surface area contributed by atoms with Crippen LogP contribution in [0.15, 0.2) is 54.6 Å². The number of anilines is 2. The highest BCUT2D eigenvalue weighted by molar-refractivity contribution is 6.04. The topological polar surface area (TPSA) is 61.4 Å². The third-order valence-electron chi connectivity index (χ3n) is 3.94. The number of hydrogen-bond acceptors (Lipinski definition) is 3. The Morgan fingerprint density at radius 2 is 1.71 bits per heavy atom. The van der Waals surface area contributed by atoms with Gasteiger partial charge in [-0.15, -0.1) is 0 Å². The predicted octanol–water partition coefficient (Wildman–Crippen LogP) is 2.65. The summed E-state index contributed by atoms with van der Waals surface area (Å²) in [6.07, 6.45) is 2.06. The lowest BCUT2D eigenvalue weighted by Gasteiger charge is -2.19. The fourth-order valence-corrected chi connectivity index (χ4v) is 2.46. The van der Waals surface area contributed by atoms with Crippen molar-refractivity contribution in [2.24, 2.45) is 0 Å². The Morgan fingerprint density at radius 3 is 2.42 bits per heavy atom. The molecule has 0 bridgehead atoms. The molecule has 0 atom stereocenters. The van der Waals surface area contributed by atoms with E-state index in [4.69, 9.17) is 0 Å². The van der Waals surface area contributed by atoms with E-state index in [9.17, 15) is 9.59 Å². The van der Waals surface area contributed by atoms with Crippen LogP contribution >= 0.6 is 0 Å². The van der Waals surface area contributed by atoms with Crippen molar-refractivity contribution in [2.75, 3.05) is 23.8 Å². The summed E-state index contributed by atoms with van der Waals surface area (Å²) in [4.78, 5) is 26.5. The van der Waals surface area contributed by atoms with Crippen LogP contribution in [-0.4, -0.2) is 31.4 Å². The monoisotopic (exact) mass is 323 g/mol. The van der Waals surface area contributed by atoms with Gasteiger partial charge in [0.05, 0.1) is 17.8 Å². The second kappa shape index (κ2) is 7.17. The molecule has 2 amide bonds. The van der Waals surface area contributed by atoms with Crippen molar-refractivity contribution in [3.63, 3.8) is 0 Å². The van der Waals surface area contributed by atoms with Crippen LogP contribution in [0.1, 0.15) is 23.2 Å². The predicted molar refractivity (Wildman–Crippen MR) is 95.3 cm³/mol. The van der Waals surface area contributed by atoms with E-state index in [0.717, 1.165) is 18.5 Å². The van der Waals surface area contributed by atoms with Crippen LogP contribution in [0.4, 0.5) is 11.4 Å². The molecule has 24 heavy (non-hydrogen) atoms. The van der Waals surface area contributed by atoms with Gasteiger partial charge in [-0.25, -0.2) is 0 Å². The van der Waals surface area contributed by atoms with Crippen molar-refractivity contribution in [3.05, 3.63) is 60.2 Å². The van der Waals surface area contributed by atoms with E-state index in [1.807, 2.05) is 48.3 Å².